The summed E-state index contributed by atoms with van der Waals surface area (Å²) in [7, 11) is 0. The molecule has 1 saturated heterocycles. The number of morpholine rings is 1. The monoisotopic (exact) mass is 378 g/mol. The number of aryl methyl sites for hydroxylation is 3. The standard InChI is InChI=1S/C22H26N4O2/c1-14-10-18(21-19(11-14)15(2)16(3)25-21)13-24-20-12-17(4-5-23-20)22(27)26-6-8-28-9-7-26/h4-5,10-12,25H,6-9,13H2,1-3H3,(H,23,24). The molecule has 0 spiro atoms. The Morgan fingerprint density at radius 1 is 1.21 bits per heavy atom. The molecule has 0 radical (unpaired) electrons. The molecule has 1 aliphatic heterocycles. The van der Waals surface area contributed by atoms with Crippen molar-refractivity contribution in [3.05, 3.63) is 58.4 Å². The van der Waals surface area contributed by atoms with E-state index in [0.717, 1.165) is 5.52 Å². The third-order valence-corrected chi connectivity index (χ3v) is 5.41. The molecule has 0 aliphatic carbocycles. The molecule has 4 rings (SSSR count). The third-order valence-electron chi connectivity index (χ3n) is 5.41. The van der Waals surface area contributed by atoms with Gasteiger partial charge in [0.2, 0.25) is 0 Å². The van der Waals surface area contributed by atoms with Crippen LogP contribution in [0.25, 0.3) is 10.9 Å². The van der Waals surface area contributed by atoms with Gasteiger partial charge in [0.15, 0.2) is 0 Å². The molecule has 1 aromatic carbocycles. The van der Waals surface area contributed by atoms with Gasteiger partial charge in [0.25, 0.3) is 5.91 Å². The number of ether oxygens (including phenoxy) is 1. The van der Waals surface area contributed by atoms with E-state index in [9.17, 15) is 4.79 Å². The van der Waals surface area contributed by atoms with Crippen LogP contribution in [0.3, 0.4) is 0 Å². The van der Waals surface area contributed by atoms with Gasteiger partial charge in [0.05, 0.1) is 18.7 Å². The Labute approximate surface area is 164 Å². The number of aromatic amines is 1. The van der Waals surface area contributed by atoms with Crippen molar-refractivity contribution in [2.24, 2.45) is 0 Å². The second kappa shape index (κ2) is 7.64. The molecular weight excluding hydrogens is 352 g/mol. The molecule has 2 aromatic heterocycles. The molecule has 1 aliphatic rings. The molecule has 0 atom stereocenters. The second-order valence-electron chi connectivity index (χ2n) is 7.41. The number of nitrogens with zero attached hydrogens (tertiary/aromatic N) is 2. The number of carbonyl (C=O) groups is 1. The van der Waals surface area contributed by atoms with Crippen molar-refractivity contribution >= 4 is 22.6 Å². The van der Waals surface area contributed by atoms with Crippen molar-refractivity contribution in [3.8, 4) is 0 Å². The molecular formula is C22H26N4O2. The summed E-state index contributed by atoms with van der Waals surface area (Å²) in [5.74, 6) is 0.732. The third kappa shape index (κ3) is 3.60. The van der Waals surface area contributed by atoms with Crippen LogP contribution in [0.5, 0.6) is 0 Å². The molecule has 1 fully saturated rings. The van der Waals surface area contributed by atoms with E-state index < -0.39 is 0 Å². The zero-order valence-corrected chi connectivity index (χ0v) is 16.6. The summed E-state index contributed by atoms with van der Waals surface area (Å²) in [4.78, 5) is 22.4. The molecule has 3 aromatic rings. The first-order valence-corrected chi connectivity index (χ1v) is 9.68. The predicted molar refractivity (Wildman–Crippen MR) is 111 cm³/mol. The summed E-state index contributed by atoms with van der Waals surface area (Å²) in [6.45, 7) is 9.47. The van der Waals surface area contributed by atoms with Crippen LogP contribution in [-0.2, 0) is 11.3 Å². The minimum Gasteiger partial charge on any atom is -0.378 e. The Balaban J connectivity index is 1.54. The lowest BCUT2D eigenvalue weighted by atomic mass is 10.0. The van der Waals surface area contributed by atoms with E-state index in [-0.39, 0.29) is 5.91 Å². The zero-order chi connectivity index (χ0) is 19.7. The van der Waals surface area contributed by atoms with Crippen molar-refractivity contribution in [1.82, 2.24) is 14.9 Å². The van der Waals surface area contributed by atoms with E-state index in [0.29, 0.717) is 44.2 Å². The Kier molecular flexibility index (Phi) is 5.05. The number of rotatable bonds is 4. The largest absolute Gasteiger partial charge is 0.378 e. The average molecular weight is 378 g/mol. The van der Waals surface area contributed by atoms with Gasteiger partial charge in [-0.2, -0.15) is 0 Å². The predicted octanol–water partition coefficient (Wildman–Crippen LogP) is 3.57. The van der Waals surface area contributed by atoms with Crippen molar-refractivity contribution in [1.29, 1.82) is 0 Å². The van der Waals surface area contributed by atoms with Crippen LogP contribution in [-0.4, -0.2) is 47.1 Å². The van der Waals surface area contributed by atoms with E-state index in [4.69, 9.17) is 4.74 Å². The quantitative estimate of drug-likeness (QED) is 0.728. The minimum atomic E-state index is 0.0299. The number of fused-ring (bicyclic) bond motifs is 1. The Morgan fingerprint density at radius 3 is 2.79 bits per heavy atom. The zero-order valence-electron chi connectivity index (χ0n) is 16.6. The van der Waals surface area contributed by atoms with Gasteiger partial charge in [-0.1, -0.05) is 11.6 Å². The smallest absolute Gasteiger partial charge is 0.254 e. The Bertz CT molecular complexity index is 1020. The van der Waals surface area contributed by atoms with E-state index in [1.54, 1.807) is 12.3 Å². The molecule has 0 bridgehead atoms. The van der Waals surface area contributed by atoms with Gasteiger partial charge in [0.1, 0.15) is 5.82 Å². The molecule has 1 amide bonds. The van der Waals surface area contributed by atoms with Crippen LogP contribution < -0.4 is 5.32 Å². The highest BCUT2D eigenvalue weighted by molar-refractivity contribution is 5.95. The van der Waals surface area contributed by atoms with Crippen molar-refractivity contribution in [2.45, 2.75) is 27.3 Å². The first-order chi connectivity index (χ1) is 13.5. The van der Waals surface area contributed by atoms with Crippen LogP contribution in [0.1, 0.15) is 32.7 Å². The summed E-state index contributed by atoms with van der Waals surface area (Å²) in [5, 5.41) is 4.64. The first kappa shape index (κ1) is 18.5. The maximum absolute atomic E-state index is 12.7. The van der Waals surface area contributed by atoms with E-state index in [2.05, 4.69) is 48.2 Å². The number of amides is 1. The lowest BCUT2D eigenvalue weighted by Gasteiger charge is -2.26. The molecule has 6 heteroatoms. The molecule has 6 nitrogen and oxygen atoms in total. The normalized spacial score (nSPS) is 14.5. The van der Waals surface area contributed by atoms with E-state index in [1.807, 2.05) is 11.0 Å². The molecule has 28 heavy (non-hydrogen) atoms. The number of carbonyl (C=O) groups excluding carboxylic acids is 1. The van der Waals surface area contributed by atoms with Crippen molar-refractivity contribution in [2.75, 3.05) is 31.6 Å². The topological polar surface area (TPSA) is 70.2 Å². The number of pyridine rings is 1. The van der Waals surface area contributed by atoms with Gasteiger partial charge in [0, 0.05) is 42.5 Å². The number of nitrogens with one attached hydrogen (secondary N) is 2. The molecule has 0 unspecified atom stereocenters. The first-order valence-electron chi connectivity index (χ1n) is 9.68. The van der Waals surface area contributed by atoms with Crippen molar-refractivity contribution < 1.29 is 9.53 Å². The van der Waals surface area contributed by atoms with Gasteiger partial charge in [-0.05, 0) is 50.1 Å². The lowest BCUT2D eigenvalue weighted by Crippen LogP contribution is -2.40. The van der Waals surface area contributed by atoms with E-state index >= 15 is 0 Å². The summed E-state index contributed by atoms with van der Waals surface area (Å²) >= 11 is 0. The Hall–Kier alpha value is -2.86. The van der Waals surface area contributed by atoms with Crippen LogP contribution in [0.4, 0.5) is 5.82 Å². The fraction of sp³-hybridized carbons (Fsp3) is 0.364. The van der Waals surface area contributed by atoms with Crippen molar-refractivity contribution in [3.63, 3.8) is 0 Å². The van der Waals surface area contributed by atoms with Gasteiger partial charge in [-0.3, -0.25) is 4.79 Å². The fourth-order valence-electron chi connectivity index (χ4n) is 3.72. The molecule has 2 N–H and O–H groups in total. The minimum absolute atomic E-state index is 0.0299. The summed E-state index contributed by atoms with van der Waals surface area (Å²) in [6, 6.07) is 8.01. The summed E-state index contributed by atoms with van der Waals surface area (Å²) < 4.78 is 5.33. The average Bonchev–Trinajstić information content (AvgIpc) is 3.01. The SMILES string of the molecule is Cc1cc(CNc2cc(C(=O)N3CCOCC3)ccn2)c2[nH]c(C)c(C)c2c1. The number of H-pyrrole nitrogens is 1. The fourth-order valence-corrected chi connectivity index (χ4v) is 3.72. The van der Waals surface area contributed by atoms with Gasteiger partial charge < -0.3 is 19.9 Å². The van der Waals surface area contributed by atoms with E-state index in [1.165, 1.54) is 27.8 Å². The molecule has 146 valence electrons. The van der Waals surface area contributed by atoms with Gasteiger partial charge in [-0.25, -0.2) is 4.98 Å². The van der Waals surface area contributed by atoms with Crippen LogP contribution in [0.2, 0.25) is 0 Å². The molecule has 3 heterocycles. The highest BCUT2D eigenvalue weighted by Gasteiger charge is 2.19. The lowest BCUT2D eigenvalue weighted by molar-refractivity contribution is 0.0303. The number of hydrogen-bond donors (Lipinski definition) is 2. The van der Waals surface area contributed by atoms with Crippen LogP contribution in [0, 0.1) is 20.8 Å². The summed E-state index contributed by atoms with van der Waals surface area (Å²) in [6.07, 6.45) is 1.69. The second-order valence-corrected chi connectivity index (χ2v) is 7.41. The highest BCUT2D eigenvalue weighted by atomic mass is 16.5. The van der Waals surface area contributed by atoms with Gasteiger partial charge in [-0.15, -0.1) is 0 Å². The highest BCUT2D eigenvalue weighted by Crippen LogP contribution is 2.26. The number of benzene rings is 1. The van der Waals surface area contributed by atoms with Crippen LogP contribution >= 0.6 is 0 Å². The van der Waals surface area contributed by atoms with Crippen LogP contribution in [0.15, 0.2) is 30.5 Å². The Morgan fingerprint density at radius 2 is 2.00 bits per heavy atom. The maximum atomic E-state index is 12.7. The number of anilines is 1. The van der Waals surface area contributed by atoms with Gasteiger partial charge >= 0.3 is 0 Å². The maximum Gasteiger partial charge on any atom is 0.254 e. The number of hydrogen-bond acceptors (Lipinski definition) is 4. The summed E-state index contributed by atoms with van der Waals surface area (Å²) in [5.41, 5.74) is 6.72. The molecule has 0 saturated carbocycles. The number of aromatic nitrogens is 2.